The number of aryl methyl sites for hydroxylation is 1. The fourth-order valence-corrected chi connectivity index (χ4v) is 19.4. The van der Waals surface area contributed by atoms with Crippen molar-refractivity contribution in [3.05, 3.63) is 411 Å². The summed E-state index contributed by atoms with van der Waals surface area (Å²) in [6.45, 7) is 44.5. The van der Waals surface area contributed by atoms with Crippen LogP contribution in [0.4, 0.5) is 0 Å². The zero-order chi connectivity index (χ0) is 109. The van der Waals surface area contributed by atoms with Crippen molar-refractivity contribution in [1.29, 1.82) is 0 Å². The maximum absolute atomic E-state index is 7.72. The average Bonchev–Trinajstić information content (AvgIpc) is 0.791. The number of hydrogen-bond donors (Lipinski definition) is 0. The summed E-state index contributed by atoms with van der Waals surface area (Å²) in [6, 6.07) is 76.0. The zero-order valence-electron chi connectivity index (χ0n) is 99.1. The normalized spacial score (nSPS) is 13.2. The molecule has 0 fully saturated rings. The van der Waals surface area contributed by atoms with Crippen LogP contribution in [-0.4, -0.2) is 72.2 Å². The molecule has 1 unspecified atom stereocenters. The van der Waals surface area contributed by atoms with Crippen molar-refractivity contribution in [1.82, 2.24) is 39.9 Å². The molecule has 8 aromatic heterocycles. The van der Waals surface area contributed by atoms with Crippen LogP contribution in [0, 0.1) is 54.4 Å². The maximum Gasteiger partial charge on any atom is 0.0830 e. The van der Waals surface area contributed by atoms with Gasteiger partial charge in [-0.3, -0.25) is 0 Å². The van der Waals surface area contributed by atoms with Gasteiger partial charge in [0.15, 0.2) is 0 Å². The van der Waals surface area contributed by atoms with Crippen LogP contribution in [0.2, 0.25) is 78.6 Å². The van der Waals surface area contributed by atoms with E-state index in [2.05, 4.69) is 284 Å². The van der Waals surface area contributed by atoms with Crippen molar-refractivity contribution < 1.29 is 111 Å². The predicted octanol–water partition coefficient (Wildman–Crippen LogP) is 27.3. The average molecular weight is 2510 g/mol. The smallest absolute Gasteiger partial charge is 0.0830 e. The van der Waals surface area contributed by atoms with Gasteiger partial charge in [0, 0.05) is 135 Å². The second-order valence-electron chi connectivity index (χ2n) is 34.2. The molecule has 16 aromatic rings. The van der Waals surface area contributed by atoms with Gasteiger partial charge in [-0.05, 0) is 130 Å². The number of hydrogen-bond acceptors (Lipinski definition) is 8. The summed E-state index contributed by atoms with van der Waals surface area (Å²) in [4.78, 5) is 33.8. The molecular formula is C114H124Ir4N8Si4-8. The van der Waals surface area contributed by atoms with Gasteiger partial charge < -0.3 is 39.9 Å². The standard InChI is InChI=1S/2C18H24NSi.2C17H22NSi.4C11H8N.4Ir/c1-14(2)11-16-12-17(15-9-7-6-8-10-15)19-13-18(16)20(3,4)5;1-6-14(2)16-12-17(15-10-8-7-9-11-15)19-13-18(16)20(3,4)5;1-13(2)15-11-16(14-9-7-6-8-10-14)18-12-17(15)19(3,4)5;1-5-9-15-12-16(14-10-7-6-8-11-14)18-13-17(15)19(2,3)4;4*1-2-6-10(7-3-1)11-8-4-5-9-12-11;;;;/h6-9,12-14H,11H2,1-5H3;7-10,12-14H,6H2,1-5H3;6-9,11-13H,1-5H3;6-8,10,12-13H,5,9H2,1-4H3;4*1-6,8-9H;;;;/q8*-1;;;;/i;;;;2*1D,2D,3D,4D,5D,8D,9D;2*4D,5D,8D,9D;;;;. The van der Waals surface area contributed by atoms with Crippen LogP contribution in [0.3, 0.4) is 0 Å². The molecule has 8 nitrogen and oxygen atoms in total. The molecule has 16 rings (SSSR count). The Morgan fingerprint density at radius 1 is 0.292 bits per heavy atom. The molecule has 4 radical (unpaired) electrons. The van der Waals surface area contributed by atoms with Crippen LogP contribution < -0.4 is 20.7 Å². The molecule has 0 N–H and O–H groups in total. The minimum absolute atomic E-state index is 0. The molecule has 1 atom stereocenters. The molecule has 0 amide bonds. The number of nitrogens with zero attached hydrogens (tertiary/aromatic N) is 8. The topological polar surface area (TPSA) is 103 Å². The van der Waals surface area contributed by atoms with Crippen molar-refractivity contribution in [2.45, 2.75) is 165 Å². The molecule has 8 heterocycles. The fourth-order valence-electron chi connectivity index (χ4n) is 12.9. The molecule has 0 spiro atoms. The second-order valence-corrected chi connectivity index (χ2v) is 54.3. The maximum atomic E-state index is 7.72. The summed E-state index contributed by atoms with van der Waals surface area (Å²) >= 11 is 0. The molecule has 0 bridgehead atoms. The van der Waals surface area contributed by atoms with Crippen LogP contribution in [-0.2, 0) is 93.3 Å². The summed E-state index contributed by atoms with van der Waals surface area (Å²) in [5.41, 5.74) is 16.0. The Balaban J connectivity index is 0.000000304. The minimum Gasteiger partial charge on any atom is -0.305 e. The number of pyridine rings is 8. The third-order valence-corrected chi connectivity index (χ3v) is 27.5. The zero-order valence-corrected chi connectivity index (χ0v) is 90.7. The van der Waals surface area contributed by atoms with E-state index < -0.39 is 68.8 Å². The van der Waals surface area contributed by atoms with E-state index in [0.717, 1.165) is 57.9 Å². The first-order chi connectivity index (χ1) is 69.6. The Hall–Kier alpha value is -9.58. The van der Waals surface area contributed by atoms with Gasteiger partial charge in [0.1, 0.15) is 0 Å². The Bertz CT molecular complexity index is 6970. The van der Waals surface area contributed by atoms with Gasteiger partial charge in [0.25, 0.3) is 0 Å². The Morgan fingerprint density at radius 3 is 0.846 bits per heavy atom. The van der Waals surface area contributed by atoms with Crippen molar-refractivity contribution >= 4 is 53.0 Å². The van der Waals surface area contributed by atoms with Crippen LogP contribution in [0.5, 0.6) is 0 Å². The van der Waals surface area contributed by atoms with E-state index in [4.69, 9.17) is 35.1 Å². The first-order valence-electron chi connectivity index (χ1n) is 53.2. The molecule has 16 heteroatoms. The van der Waals surface area contributed by atoms with Gasteiger partial charge in [-0.1, -0.05) is 228 Å². The van der Waals surface area contributed by atoms with Gasteiger partial charge >= 0.3 is 0 Å². The predicted molar refractivity (Wildman–Crippen MR) is 545 cm³/mol. The summed E-state index contributed by atoms with van der Waals surface area (Å²) in [6.07, 6.45) is 11.6. The monoisotopic (exact) mass is 2510 g/mol. The molecule has 680 valence electrons. The van der Waals surface area contributed by atoms with Crippen molar-refractivity contribution in [2.24, 2.45) is 5.92 Å². The van der Waals surface area contributed by atoms with Crippen molar-refractivity contribution in [2.75, 3.05) is 0 Å². The van der Waals surface area contributed by atoms with Crippen molar-refractivity contribution in [3.63, 3.8) is 0 Å². The van der Waals surface area contributed by atoms with E-state index in [1.807, 2.05) is 72.8 Å². The largest absolute Gasteiger partial charge is 0.305 e. The molecule has 0 saturated carbocycles. The van der Waals surface area contributed by atoms with E-state index in [1.54, 1.807) is 48.5 Å². The van der Waals surface area contributed by atoms with Crippen LogP contribution in [0.1, 0.15) is 126 Å². The Morgan fingerprint density at radius 2 is 0.569 bits per heavy atom. The molecule has 0 aliphatic heterocycles. The quantitative estimate of drug-likeness (QED) is 0.0583. The van der Waals surface area contributed by atoms with E-state index in [9.17, 15) is 0 Å². The first kappa shape index (κ1) is 80.1. The summed E-state index contributed by atoms with van der Waals surface area (Å²) in [7, 11) is -5.34. The fraction of sp³-hybridized carbons (Fsp3) is 0.228. The van der Waals surface area contributed by atoms with Crippen molar-refractivity contribution in [3.8, 4) is 90.1 Å². The molecule has 0 saturated heterocycles. The summed E-state index contributed by atoms with van der Waals surface area (Å²) in [5, 5.41) is 5.95. The second kappa shape index (κ2) is 57.0. The molecule has 130 heavy (non-hydrogen) atoms. The van der Waals surface area contributed by atoms with Crippen LogP contribution >= 0.6 is 0 Å². The summed E-state index contributed by atoms with van der Waals surface area (Å²) < 4.78 is 165. The van der Waals surface area contributed by atoms with E-state index in [1.165, 1.54) is 68.0 Å². The molecule has 8 aromatic carbocycles. The van der Waals surface area contributed by atoms with Gasteiger partial charge in [-0.25, -0.2) is 0 Å². The van der Waals surface area contributed by atoms with Crippen LogP contribution in [0.15, 0.2) is 340 Å². The third-order valence-electron chi connectivity index (χ3n) is 19.3. The summed E-state index contributed by atoms with van der Waals surface area (Å²) in [5.74, 6) is 1.79. The Kier molecular flexibility index (Phi) is 35.1. The van der Waals surface area contributed by atoms with Crippen LogP contribution in [0.25, 0.3) is 90.1 Å². The third kappa shape index (κ3) is 36.5. The number of aromatic nitrogens is 8. The van der Waals surface area contributed by atoms with E-state index >= 15 is 0 Å². The molecule has 0 aliphatic rings. The van der Waals surface area contributed by atoms with E-state index in [-0.39, 0.29) is 211 Å². The van der Waals surface area contributed by atoms with Gasteiger partial charge in [-0.15, -0.1) is 287 Å². The van der Waals surface area contributed by atoms with Gasteiger partial charge in [-0.2, -0.15) is 0 Å². The molecule has 0 aliphatic carbocycles. The number of rotatable bonds is 19. The number of benzene rings is 8. The first-order valence-corrected chi connectivity index (χ1v) is 56.2. The Labute approximate surface area is 868 Å². The SMILES string of the molecule is CC(C)Cc1cc(-c2[c-]cccc2)ncc1[Si](C)(C)C.CC(C)c1cc(-c2[c-]cccc2)ncc1[Si](C)(C)C.CCC(C)c1cc(-c2[c-]cccc2)ncc1[Si](C)(C)C.CCCc1cc(-c2[c-]cccc2)ncc1[Si](C)(C)C.[2H]c1[c-]c(-c2nc([2H])c([2H])c([2H])c2[2H])cc([2H])c1[2H].[2H]c1[c-]c(-c2nc([2H])c([2H])c([2H])c2[2H])cc([2H])c1[2H].[2H]c1nc(-c2[c-]cccc2)c([2H])c([2H])c1[2H].[2H]c1nc(-c2[c-]cccc2)c([2H])c([2H])c1[2H].[Ir].[Ir].[Ir].[Ir]. The van der Waals surface area contributed by atoms with E-state index in [0.29, 0.717) is 28.9 Å². The molecular weight excluding hydrogens is 2360 g/mol. The minimum atomic E-state index is -1.35. The van der Waals surface area contributed by atoms with Gasteiger partial charge in [0.05, 0.1) is 54.2 Å². The van der Waals surface area contributed by atoms with Gasteiger partial charge in [0.2, 0.25) is 0 Å².